The van der Waals surface area contributed by atoms with Crippen LogP contribution in [0.5, 0.6) is 0 Å². The molecule has 0 saturated carbocycles. The van der Waals surface area contributed by atoms with Gasteiger partial charge in [0.2, 0.25) is 5.91 Å². The lowest BCUT2D eigenvalue weighted by molar-refractivity contribution is -0.115. The van der Waals surface area contributed by atoms with Gasteiger partial charge in [-0.25, -0.2) is 0 Å². The molecule has 1 aromatic carbocycles. The van der Waals surface area contributed by atoms with Crippen LogP contribution in [0.15, 0.2) is 18.2 Å². The molecule has 0 unspecified atom stereocenters. The summed E-state index contributed by atoms with van der Waals surface area (Å²) in [5, 5.41) is 9.93. The number of benzene rings is 1. The van der Waals surface area contributed by atoms with Gasteiger partial charge in [0.1, 0.15) is 0 Å². The summed E-state index contributed by atoms with van der Waals surface area (Å²) in [7, 11) is 0. The maximum absolute atomic E-state index is 12.1. The van der Waals surface area contributed by atoms with E-state index >= 15 is 0 Å². The largest absolute Gasteiger partial charge is 0.326 e. The molecule has 0 spiro atoms. The zero-order valence-corrected chi connectivity index (χ0v) is 11.8. The smallest absolute Gasteiger partial charge is 0.228 e. The van der Waals surface area contributed by atoms with Crippen molar-refractivity contribution < 1.29 is 4.79 Å². The molecule has 4 heteroatoms. The number of H-pyrrole nitrogens is 1. The zero-order chi connectivity index (χ0) is 14.0. The first-order chi connectivity index (χ1) is 8.95. The Morgan fingerprint density at radius 1 is 1.16 bits per heavy atom. The number of aryl methyl sites for hydroxylation is 4. The van der Waals surface area contributed by atoms with Gasteiger partial charge in [0, 0.05) is 16.9 Å². The zero-order valence-electron chi connectivity index (χ0n) is 11.8. The molecule has 100 valence electrons. The fraction of sp³-hybridized carbons (Fsp3) is 0.333. The molecular formula is C15H19N3O. The van der Waals surface area contributed by atoms with Gasteiger partial charge in [-0.3, -0.25) is 9.89 Å². The van der Waals surface area contributed by atoms with Gasteiger partial charge in [-0.2, -0.15) is 5.10 Å². The maximum Gasteiger partial charge on any atom is 0.228 e. The summed E-state index contributed by atoms with van der Waals surface area (Å²) in [4.78, 5) is 12.1. The van der Waals surface area contributed by atoms with Crippen LogP contribution < -0.4 is 5.32 Å². The minimum absolute atomic E-state index is 0.0161. The Kier molecular flexibility index (Phi) is 3.69. The van der Waals surface area contributed by atoms with Crippen molar-refractivity contribution in [2.45, 2.75) is 34.1 Å². The van der Waals surface area contributed by atoms with Crippen molar-refractivity contribution in [3.05, 3.63) is 46.3 Å². The molecule has 0 aliphatic heterocycles. The summed E-state index contributed by atoms with van der Waals surface area (Å²) in [5.74, 6) is -0.0161. The van der Waals surface area contributed by atoms with Gasteiger partial charge < -0.3 is 5.32 Å². The Bertz CT molecular complexity index is 574. The molecule has 2 rings (SSSR count). The number of carbonyl (C=O) groups excluding carboxylic acids is 1. The van der Waals surface area contributed by atoms with E-state index in [2.05, 4.69) is 21.6 Å². The second-order valence-corrected chi connectivity index (χ2v) is 5.01. The normalized spacial score (nSPS) is 10.5. The van der Waals surface area contributed by atoms with Crippen LogP contribution in [0.3, 0.4) is 0 Å². The highest BCUT2D eigenvalue weighted by Gasteiger charge is 2.11. The summed E-state index contributed by atoms with van der Waals surface area (Å²) in [6.45, 7) is 7.88. The van der Waals surface area contributed by atoms with Gasteiger partial charge in [0.25, 0.3) is 0 Å². The third-order valence-electron chi connectivity index (χ3n) is 3.12. The van der Waals surface area contributed by atoms with E-state index in [0.717, 1.165) is 33.8 Å². The first-order valence-corrected chi connectivity index (χ1v) is 6.34. The van der Waals surface area contributed by atoms with Crippen LogP contribution in [0.1, 0.15) is 28.1 Å². The number of hydrogen-bond donors (Lipinski definition) is 2. The van der Waals surface area contributed by atoms with Crippen LogP contribution in [0.4, 0.5) is 5.69 Å². The number of hydrogen-bond acceptors (Lipinski definition) is 2. The van der Waals surface area contributed by atoms with E-state index in [-0.39, 0.29) is 5.91 Å². The number of aromatic amines is 1. The third kappa shape index (κ3) is 3.22. The number of aromatic nitrogens is 2. The van der Waals surface area contributed by atoms with Crippen LogP contribution in [0.2, 0.25) is 0 Å². The molecule has 19 heavy (non-hydrogen) atoms. The summed E-state index contributed by atoms with van der Waals surface area (Å²) >= 11 is 0. The Morgan fingerprint density at radius 3 is 2.32 bits per heavy atom. The van der Waals surface area contributed by atoms with Crippen LogP contribution in [-0.4, -0.2) is 16.1 Å². The Morgan fingerprint density at radius 2 is 1.79 bits per heavy atom. The number of nitrogens with zero attached hydrogens (tertiary/aromatic N) is 1. The van der Waals surface area contributed by atoms with Crippen LogP contribution >= 0.6 is 0 Å². The fourth-order valence-corrected chi connectivity index (χ4v) is 2.25. The molecule has 1 heterocycles. The lowest BCUT2D eigenvalue weighted by Crippen LogP contribution is -2.15. The lowest BCUT2D eigenvalue weighted by atomic mass is 10.1. The second kappa shape index (κ2) is 5.26. The predicted octanol–water partition coefficient (Wildman–Crippen LogP) is 2.82. The summed E-state index contributed by atoms with van der Waals surface area (Å²) in [6.07, 6.45) is 0.348. The molecule has 1 aromatic heterocycles. The van der Waals surface area contributed by atoms with Crippen LogP contribution in [0.25, 0.3) is 0 Å². The van der Waals surface area contributed by atoms with E-state index in [0.29, 0.717) is 6.42 Å². The molecule has 0 bridgehead atoms. The Labute approximate surface area is 113 Å². The van der Waals surface area contributed by atoms with E-state index in [4.69, 9.17) is 0 Å². The van der Waals surface area contributed by atoms with Crippen molar-refractivity contribution in [3.8, 4) is 0 Å². The van der Waals surface area contributed by atoms with Gasteiger partial charge >= 0.3 is 0 Å². The minimum atomic E-state index is -0.0161. The summed E-state index contributed by atoms with van der Waals surface area (Å²) in [6, 6.07) is 6.03. The van der Waals surface area contributed by atoms with Crippen LogP contribution in [-0.2, 0) is 11.2 Å². The van der Waals surface area contributed by atoms with E-state index in [9.17, 15) is 4.79 Å². The summed E-state index contributed by atoms with van der Waals surface area (Å²) in [5.41, 5.74) is 5.95. The molecule has 2 N–H and O–H groups in total. The topological polar surface area (TPSA) is 57.8 Å². The highest BCUT2D eigenvalue weighted by atomic mass is 16.1. The van der Waals surface area contributed by atoms with Gasteiger partial charge in [0.05, 0.1) is 12.1 Å². The monoisotopic (exact) mass is 257 g/mol. The molecular weight excluding hydrogens is 238 g/mol. The molecule has 0 aliphatic carbocycles. The number of nitrogens with one attached hydrogen (secondary N) is 2. The van der Waals surface area contributed by atoms with Crippen molar-refractivity contribution >= 4 is 11.6 Å². The highest BCUT2D eigenvalue weighted by Crippen LogP contribution is 2.15. The number of carbonyl (C=O) groups is 1. The molecule has 0 fully saturated rings. The highest BCUT2D eigenvalue weighted by molar-refractivity contribution is 5.92. The van der Waals surface area contributed by atoms with Gasteiger partial charge in [-0.15, -0.1) is 0 Å². The Balaban J connectivity index is 2.09. The van der Waals surface area contributed by atoms with Crippen molar-refractivity contribution in [2.24, 2.45) is 0 Å². The summed E-state index contributed by atoms with van der Waals surface area (Å²) < 4.78 is 0. The minimum Gasteiger partial charge on any atom is -0.326 e. The molecule has 2 aromatic rings. The molecule has 4 nitrogen and oxygen atoms in total. The number of amides is 1. The average Bonchev–Trinajstić information content (AvgIpc) is 2.59. The SMILES string of the molecule is Cc1cc(C)cc(NC(=O)Cc2c(C)n[nH]c2C)c1. The predicted molar refractivity (Wildman–Crippen MR) is 76.3 cm³/mol. The van der Waals surface area contributed by atoms with E-state index < -0.39 is 0 Å². The third-order valence-corrected chi connectivity index (χ3v) is 3.12. The number of anilines is 1. The van der Waals surface area contributed by atoms with E-state index in [1.807, 2.05) is 39.8 Å². The molecule has 0 atom stereocenters. The van der Waals surface area contributed by atoms with E-state index in [1.165, 1.54) is 0 Å². The molecule has 0 radical (unpaired) electrons. The fourth-order valence-electron chi connectivity index (χ4n) is 2.25. The van der Waals surface area contributed by atoms with E-state index in [1.54, 1.807) is 0 Å². The average molecular weight is 257 g/mol. The standard InChI is InChI=1S/C15H19N3O/c1-9-5-10(2)7-13(6-9)16-15(19)8-14-11(3)17-18-12(14)4/h5-7H,8H2,1-4H3,(H,16,19)(H,17,18). The van der Waals surface area contributed by atoms with Crippen molar-refractivity contribution in [1.29, 1.82) is 0 Å². The maximum atomic E-state index is 12.1. The van der Waals surface area contributed by atoms with Gasteiger partial charge in [0.15, 0.2) is 0 Å². The van der Waals surface area contributed by atoms with Crippen LogP contribution in [0, 0.1) is 27.7 Å². The second-order valence-electron chi connectivity index (χ2n) is 5.01. The lowest BCUT2D eigenvalue weighted by Gasteiger charge is -2.07. The molecule has 0 aliphatic rings. The van der Waals surface area contributed by atoms with Gasteiger partial charge in [-0.05, 0) is 51.0 Å². The number of rotatable bonds is 3. The van der Waals surface area contributed by atoms with Gasteiger partial charge in [-0.1, -0.05) is 6.07 Å². The molecule has 0 saturated heterocycles. The van der Waals surface area contributed by atoms with Crippen molar-refractivity contribution in [3.63, 3.8) is 0 Å². The van der Waals surface area contributed by atoms with Crippen molar-refractivity contribution in [2.75, 3.05) is 5.32 Å². The van der Waals surface area contributed by atoms with Crippen molar-refractivity contribution in [1.82, 2.24) is 10.2 Å². The Hall–Kier alpha value is -2.10. The quantitative estimate of drug-likeness (QED) is 0.888. The first-order valence-electron chi connectivity index (χ1n) is 6.34. The molecule has 1 amide bonds. The first kappa shape index (κ1) is 13.3.